The molecule has 1 aromatic carbocycles. The molecule has 3 nitrogen and oxygen atoms in total. The van der Waals surface area contributed by atoms with E-state index in [2.05, 4.69) is 11.8 Å². The number of ether oxygens (including phenoxy) is 1. The molecule has 108 valence electrons. The molecule has 1 atom stereocenters. The molecule has 0 amide bonds. The Balaban J connectivity index is 3.27. The standard InChI is InChI=1S/C17H22O3/c1-5-7-12-17(13(3)4,16(18)19)14-8-10-15(11-9-14)20-6-2/h8-11,13H,6,12H2,1-4H3,(H,18,19). The van der Waals surface area contributed by atoms with Crippen LogP contribution in [0.1, 0.15) is 39.7 Å². The van der Waals surface area contributed by atoms with Gasteiger partial charge in [-0.2, -0.15) is 0 Å². The molecular formula is C17H22O3. The third-order valence-electron chi connectivity index (χ3n) is 3.59. The second kappa shape index (κ2) is 7.00. The van der Waals surface area contributed by atoms with Crippen molar-refractivity contribution in [3.63, 3.8) is 0 Å². The third-order valence-corrected chi connectivity index (χ3v) is 3.59. The zero-order valence-corrected chi connectivity index (χ0v) is 12.6. The number of hydrogen-bond acceptors (Lipinski definition) is 2. The topological polar surface area (TPSA) is 46.5 Å². The quantitative estimate of drug-likeness (QED) is 0.808. The molecule has 0 aliphatic heterocycles. The number of aliphatic carboxylic acids is 1. The maximum absolute atomic E-state index is 11.9. The minimum atomic E-state index is -0.978. The van der Waals surface area contributed by atoms with Gasteiger partial charge in [0.2, 0.25) is 0 Å². The molecule has 0 spiro atoms. The Kier molecular flexibility index (Phi) is 5.64. The molecule has 1 rings (SSSR count). The van der Waals surface area contributed by atoms with Crippen molar-refractivity contribution in [2.45, 2.75) is 39.5 Å². The highest BCUT2D eigenvalue weighted by molar-refractivity contribution is 5.82. The molecule has 0 saturated heterocycles. The largest absolute Gasteiger partial charge is 0.494 e. The summed E-state index contributed by atoms with van der Waals surface area (Å²) in [6.45, 7) is 8.07. The van der Waals surface area contributed by atoms with E-state index in [1.54, 1.807) is 6.92 Å². The van der Waals surface area contributed by atoms with E-state index in [0.29, 0.717) is 13.0 Å². The minimum Gasteiger partial charge on any atom is -0.494 e. The van der Waals surface area contributed by atoms with Gasteiger partial charge in [-0.25, -0.2) is 0 Å². The Morgan fingerprint density at radius 1 is 1.35 bits per heavy atom. The SMILES string of the molecule is CC#CCC(C(=O)O)(c1ccc(OCC)cc1)C(C)C. The first-order chi connectivity index (χ1) is 9.48. The van der Waals surface area contributed by atoms with Crippen molar-refractivity contribution in [1.82, 2.24) is 0 Å². The van der Waals surface area contributed by atoms with Crippen molar-refractivity contribution in [3.05, 3.63) is 29.8 Å². The van der Waals surface area contributed by atoms with Gasteiger partial charge in [-0.15, -0.1) is 11.8 Å². The van der Waals surface area contributed by atoms with E-state index in [-0.39, 0.29) is 5.92 Å². The lowest BCUT2D eigenvalue weighted by Gasteiger charge is -2.32. The number of carboxylic acids is 1. The fourth-order valence-electron chi connectivity index (χ4n) is 2.33. The van der Waals surface area contributed by atoms with Gasteiger partial charge in [0.25, 0.3) is 0 Å². The van der Waals surface area contributed by atoms with Crippen LogP contribution in [0.25, 0.3) is 0 Å². The number of benzene rings is 1. The molecule has 0 aliphatic carbocycles. The maximum atomic E-state index is 11.9. The summed E-state index contributed by atoms with van der Waals surface area (Å²) < 4.78 is 5.40. The summed E-state index contributed by atoms with van der Waals surface area (Å²) >= 11 is 0. The predicted molar refractivity (Wildman–Crippen MR) is 79.8 cm³/mol. The van der Waals surface area contributed by atoms with Crippen molar-refractivity contribution in [2.75, 3.05) is 6.61 Å². The van der Waals surface area contributed by atoms with Crippen LogP contribution in [0.4, 0.5) is 0 Å². The lowest BCUT2D eigenvalue weighted by atomic mass is 9.69. The number of carbonyl (C=O) groups is 1. The lowest BCUT2D eigenvalue weighted by molar-refractivity contribution is -0.145. The van der Waals surface area contributed by atoms with Gasteiger partial charge in [-0.05, 0) is 37.5 Å². The smallest absolute Gasteiger partial charge is 0.315 e. The van der Waals surface area contributed by atoms with Crippen LogP contribution in [-0.4, -0.2) is 17.7 Å². The van der Waals surface area contributed by atoms with Gasteiger partial charge in [-0.3, -0.25) is 4.79 Å². The first-order valence-corrected chi connectivity index (χ1v) is 6.85. The molecule has 0 aromatic heterocycles. The molecule has 1 N–H and O–H groups in total. The minimum absolute atomic E-state index is 0.0567. The van der Waals surface area contributed by atoms with Gasteiger partial charge < -0.3 is 9.84 Å². The molecule has 3 heteroatoms. The Hall–Kier alpha value is -1.95. The van der Waals surface area contributed by atoms with Crippen LogP contribution in [0.3, 0.4) is 0 Å². The third kappa shape index (κ3) is 3.14. The van der Waals surface area contributed by atoms with E-state index in [1.807, 2.05) is 45.0 Å². The van der Waals surface area contributed by atoms with Crippen LogP contribution in [-0.2, 0) is 10.2 Å². The maximum Gasteiger partial charge on any atom is 0.315 e. The average molecular weight is 274 g/mol. The van der Waals surface area contributed by atoms with Gasteiger partial charge in [0, 0.05) is 6.42 Å². The van der Waals surface area contributed by atoms with Crippen LogP contribution in [0, 0.1) is 17.8 Å². The fraction of sp³-hybridized carbons (Fsp3) is 0.471. The van der Waals surface area contributed by atoms with Crippen LogP contribution < -0.4 is 4.74 Å². The molecule has 1 aromatic rings. The molecular weight excluding hydrogens is 252 g/mol. The molecule has 1 unspecified atom stereocenters. The van der Waals surface area contributed by atoms with Gasteiger partial charge >= 0.3 is 5.97 Å². The van der Waals surface area contributed by atoms with Crippen LogP contribution in [0.15, 0.2) is 24.3 Å². The molecule has 0 saturated carbocycles. The van der Waals surface area contributed by atoms with Crippen LogP contribution in [0.5, 0.6) is 5.75 Å². The highest BCUT2D eigenvalue weighted by Crippen LogP contribution is 2.36. The van der Waals surface area contributed by atoms with Gasteiger partial charge in [0.05, 0.1) is 6.61 Å². The summed E-state index contributed by atoms with van der Waals surface area (Å²) in [5.41, 5.74) is -0.209. The monoisotopic (exact) mass is 274 g/mol. The molecule has 0 bridgehead atoms. The zero-order valence-electron chi connectivity index (χ0n) is 12.6. The van der Waals surface area contributed by atoms with Crippen molar-refractivity contribution in [3.8, 4) is 17.6 Å². The summed E-state index contributed by atoms with van der Waals surface area (Å²) in [7, 11) is 0. The summed E-state index contributed by atoms with van der Waals surface area (Å²) in [6.07, 6.45) is 0.310. The Labute approximate surface area is 121 Å². The molecule has 20 heavy (non-hydrogen) atoms. The van der Waals surface area contributed by atoms with Crippen molar-refractivity contribution < 1.29 is 14.6 Å². The average Bonchev–Trinajstić information content (AvgIpc) is 2.41. The summed E-state index contributed by atoms with van der Waals surface area (Å²) in [4.78, 5) is 11.9. The first kappa shape index (κ1) is 16.1. The Morgan fingerprint density at radius 2 is 1.95 bits per heavy atom. The van der Waals surface area contributed by atoms with Crippen molar-refractivity contribution in [1.29, 1.82) is 0 Å². The highest BCUT2D eigenvalue weighted by Gasteiger charge is 2.42. The van der Waals surface area contributed by atoms with E-state index in [1.165, 1.54) is 0 Å². The number of rotatable bonds is 6. The Bertz CT molecular complexity index is 505. The second-order valence-electron chi connectivity index (χ2n) is 4.99. The van der Waals surface area contributed by atoms with E-state index >= 15 is 0 Å². The summed E-state index contributed by atoms with van der Waals surface area (Å²) in [5, 5.41) is 9.75. The number of carboxylic acid groups (broad SMARTS) is 1. The molecule has 0 radical (unpaired) electrons. The van der Waals surface area contributed by atoms with E-state index < -0.39 is 11.4 Å². The summed E-state index contributed by atoms with van der Waals surface area (Å²) in [5.74, 6) is 5.58. The van der Waals surface area contributed by atoms with Gasteiger partial charge in [0.1, 0.15) is 11.2 Å². The molecule has 0 aliphatic rings. The Morgan fingerprint density at radius 3 is 2.35 bits per heavy atom. The van der Waals surface area contributed by atoms with Gasteiger partial charge in [0.15, 0.2) is 0 Å². The summed E-state index contributed by atoms with van der Waals surface area (Å²) in [6, 6.07) is 7.30. The van der Waals surface area contributed by atoms with Crippen LogP contribution in [0.2, 0.25) is 0 Å². The molecule has 0 heterocycles. The van der Waals surface area contributed by atoms with Crippen molar-refractivity contribution >= 4 is 5.97 Å². The zero-order chi connectivity index (χ0) is 15.2. The van der Waals surface area contributed by atoms with E-state index in [4.69, 9.17) is 4.74 Å². The normalized spacial score (nSPS) is 13.2. The fourth-order valence-corrected chi connectivity index (χ4v) is 2.33. The lowest BCUT2D eigenvalue weighted by Crippen LogP contribution is -2.40. The number of hydrogen-bond donors (Lipinski definition) is 1. The van der Waals surface area contributed by atoms with Crippen molar-refractivity contribution in [2.24, 2.45) is 5.92 Å². The van der Waals surface area contributed by atoms with E-state index in [0.717, 1.165) is 11.3 Å². The highest BCUT2D eigenvalue weighted by atomic mass is 16.5. The predicted octanol–water partition coefficient (Wildman–Crippen LogP) is 3.48. The molecule has 0 fully saturated rings. The van der Waals surface area contributed by atoms with Crippen LogP contribution >= 0.6 is 0 Å². The van der Waals surface area contributed by atoms with Gasteiger partial charge in [-0.1, -0.05) is 26.0 Å². The second-order valence-corrected chi connectivity index (χ2v) is 4.99. The first-order valence-electron chi connectivity index (χ1n) is 6.85. The van der Waals surface area contributed by atoms with E-state index in [9.17, 15) is 9.90 Å².